The SMILES string of the molecule is Oc1ccc(C(F)F)cc1-c1ccnnc1. The first-order chi connectivity index (χ1) is 7.68. The van der Waals surface area contributed by atoms with Crippen molar-refractivity contribution in [2.75, 3.05) is 0 Å². The summed E-state index contributed by atoms with van der Waals surface area (Å²) in [4.78, 5) is 0. The van der Waals surface area contributed by atoms with Crippen LogP contribution < -0.4 is 0 Å². The summed E-state index contributed by atoms with van der Waals surface area (Å²) in [5.74, 6) is -0.0580. The summed E-state index contributed by atoms with van der Waals surface area (Å²) in [5, 5.41) is 16.8. The van der Waals surface area contributed by atoms with Gasteiger partial charge in [0.15, 0.2) is 0 Å². The van der Waals surface area contributed by atoms with Crippen molar-refractivity contribution in [3.05, 3.63) is 42.2 Å². The van der Waals surface area contributed by atoms with Gasteiger partial charge in [-0.25, -0.2) is 8.78 Å². The molecule has 0 unspecified atom stereocenters. The van der Waals surface area contributed by atoms with Crippen molar-refractivity contribution in [2.24, 2.45) is 0 Å². The topological polar surface area (TPSA) is 46.0 Å². The van der Waals surface area contributed by atoms with Crippen LogP contribution in [-0.4, -0.2) is 15.3 Å². The van der Waals surface area contributed by atoms with Crippen molar-refractivity contribution >= 4 is 0 Å². The van der Waals surface area contributed by atoms with E-state index in [1.165, 1.54) is 30.6 Å². The second-order valence-electron chi connectivity index (χ2n) is 3.21. The van der Waals surface area contributed by atoms with Crippen LogP contribution >= 0.6 is 0 Å². The Kier molecular flexibility index (Phi) is 2.76. The van der Waals surface area contributed by atoms with Crippen molar-refractivity contribution < 1.29 is 13.9 Å². The van der Waals surface area contributed by atoms with E-state index in [0.717, 1.165) is 0 Å². The van der Waals surface area contributed by atoms with E-state index in [4.69, 9.17) is 0 Å². The number of aromatic nitrogens is 2. The number of benzene rings is 1. The molecule has 0 aliphatic rings. The van der Waals surface area contributed by atoms with Crippen molar-refractivity contribution in [2.45, 2.75) is 6.43 Å². The van der Waals surface area contributed by atoms with Crippen molar-refractivity contribution in [1.29, 1.82) is 0 Å². The Morgan fingerprint density at radius 2 is 1.94 bits per heavy atom. The van der Waals surface area contributed by atoms with Crippen LogP contribution in [0.1, 0.15) is 12.0 Å². The number of hydrogen-bond acceptors (Lipinski definition) is 3. The van der Waals surface area contributed by atoms with Gasteiger partial charge in [0.25, 0.3) is 6.43 Å². The lowest BCUT2D eigenvalue weighted by Crippen LogP contribution is -1.88. The monoisotopic (exact) mass is 222 g/mol. The first-order valence-corrected chi connectivity index (χ1v) is 4.56. The van der Waals surface area contributed by atoms with Crippen LogP contribution in [0.3, 0.4) is 0 Å². The molecule has 2 aromatic rings. The lowest BCUT2D eigenvalue weighted by Gasteiger charge is -2.06. The Balaban J connectivity index is 2.52. The highest BCUT2D eigenvalue weighted by molar-refractivity contribution is 5.69. The molecular weight excluding hydrogens is 214 g/mol. The van der Waals surface area contributed by atoms with Crippen LogP contribution in [0.5, 0.6) is 5.75 Å². The lowest BCUT2D eigenvalue weighted by molar-refractivity contribution is 0.151. The maximum atomic E-state index is 12.5. The summed E-state index contributed by atoms with van der Waals surface area (Å²) in [5.41, 5.74) is 0.743. The summed E-state index contributed by atoms with van der Waals surface area (Å²) in [7, 11) is 0. The molecule has 0 saturated carbocycles. The highest BCUT2D eigenvalue weighted by Crippen LogP contribution is 2.32. The highest BCUT2D eigenvalue weighted by atomic mass is 19.3. The smallest absolute Gasteiger partial charge is 0.263 e. The van der Waals surface area contributed by atoms with Gasteiger partial charge in [0.2, 0.25) is 0 Å². The molecule has 0 spiro atoms. The molecule has 5 heteroatoms. The van der Waals surface area contributed by atoms with Gasteiger partial charge in [0.05, 0.1) is 12.4 Å². The third-order valence-electron chi connectivity index (χ3n) is 2.17. The van der Waals surface area contributed by atoms with E-state index in [1.807, 2.05) is 0 Å². The Morgan fingerprint density at radius 1 is 1.12 bits per heavy atom. The van der Waals surface area contributed by atoms with E-state index >= 15 is 0 Å². The zero-order valence-corrected chi connectivity index (χ0v) is 8.14. The molecule has 1 heterocycles. The highest BCUT2D eigenvalue weighted by Gasteiger charge is 2.11. The Morgan fingerprint density at radius 3 is 2.56 bits per heavy atom. The standard InChI is InChI=1S/C11H8F2N2O/c12-11(13)7-1-2-10(16)9(5-7)8-3-4-14-15-6-8/h1-6,11,16H. The molecule has 1 aromatic carbocycles. The average molecular weight is 222 g/mol. The predicted octanol–water partition coefficient (Wildman–Crippen LogP) is 2.79. The van der Waals surface area contributed by atoms with Gasteiger partial charge in [-0.05, 0) is 24.3 Å². The Labute approximate surface area is 90.4 Å². The summed E-state index contributed by atoms with van der Waals surface area (Å²) < 4.78 is 25.0. The Bertz CT molecular complexity index is 489. The van der Waals surface area contributed by atoms with Crippen LogP contribution in [0.15, 0.2) is 36.7 Å². The fraction of sp³-hybridized carbons (Fsp3) is 0.0909. The molecule has 0 atom stereocenters. The number of phenolic OH excluding ortho intramolecular Hbond substituents is 1. The van der Waals surface area contributed by atoms with Crippen LogP contribution in [0.4, 0.5) is 8.78 Å². The number of phenols is 1. The zero-order valence-electron chi connectivity index (χ0n) is 8.14. The van der Waals surface area contributed by atoms with Crippen LogP contribution in [0.2, 0.25) is 0 Å². The molecule has 1 aromatic heterocycles. The molecular formula is C11H8F2N2O. The van der Waals surface area contributed by atoms with Gasteiger partial charge >= 0.3 is 0 Å². The van der Waals surface area contributed by atoms with E-state index in [9.17, 15) is 13.9 Å². The molecule has 0 saturated heterocycles. The van der Waals surface area contributed by atoms with Gasteiger partial charge in [-0.3, -0.25) is 0 Å². The van der Waals surface area contributed by atoms with E-state index in [2.05, 4.69) is 10.2 Å². The average Bonchev–Trinajstić information content (AvgIpc) is 2.30. The molecule has 0 amide bonds. The molecule has 16 heavy (non-hydrogen) atoms. The first kappa shape index (κ1) is 10.5. The third kappa shape index (κ3) is 1.98. The summed E-state index contributed by atoms with van der Waals surface area (Å²) in [6.07, 6.45) is 0.280. The summed E-state index contributed by atoms with van der Waals surface area (Å²) >= 11 is 0. The second kappa shape index (κ2) is 4.22. The third-order valence-corrected chi connectivity index (χ3v) is 2.17. The van der Waals surface area contributed by atoms with E-state index in [1.54, 1.807) is 6.07 Å². The van der Waals surface area contributed by atoms with Crippen molar-refractivity contribution in [3.8, 4) is 16.9 Å². The number of halogens is 2. The number of hydrogen-bond donors (Lipinski definition) is 1. The maximum absolute atomic E-state index is 12.5. The molecule has 0 aliphatic carbocycles. The predicted molar refractivity (Wildman–Crippen MR) is 54.1 cm³/mol. The van der Waals surface area contributed by atoms with Gasteiger partial charge in [-0.2, -0.15) is 10.2 Å². The van der Waals surface area contributed by atoms with Gasteiger partial charge in [0.1, 0.15) is 5.75 Å². The first-order valence-electron chi connectivity index (χ1n) is 4.56. The molecule has 0 aliphatic heterocycles. The second-order valence-corrected chi connectivity index (χ2v) is 3.21. The quantitative estimate of drug-likeness (QED) is 0.849. The molecule has 0 radical (unpaired) electrons. The largest absolute Gasteiger partial charge is 0.507 e. The molecule has 2 rings (SSSR count). The minimum absolute atomic E-state index is 0.0580. The van der Waals surface area contributed by atoms with Gasteiger partial charge < -0.3 is 5.11 Å². The molecule has 0 fully saturated rings. The molecule has 3 nitrogen and oxygen atoms in total. The lowest BCUT2D eigenvalue weighted by atomic mass is 10.0. The van der Waals surface area contributed by atoms with E-state index < -0.39 is 6.43 Å². The Hall–Kier alpha value is -2.04. The number of alkyl halides is 2. The maximum Gasteiger partial charge on any atom is 0.263 e. The van der Waals surface area contributed by atoms with E-state index in [-0.39, 0.29) is 11.3 Å². The number of rotatable bonds is 2. The molecule has 82 valence electrons. The van der Waals surface area contributed by atoms with Gasteiger partial charge in [-0.1, -0.05) is 0 Å². The normalized spacial score (nSPS) is 10.7. The van der Waals surface area contributed by atoms with Crippen LogP contribution in [0.25, 0.3) is 11.1 Å². The van der Waals surface area contributed by atoms with Crippen molar-refractivity contribution in [1.82, 2.24) is 10.2 Å². The summed E-state index contributed by atoms with van der Waals surface area (Å²) in [6, 6.07) is 5.28. The van der Waals surface area contributed by atoms with Gasteiger partial charge in [-0.15, -0.1) is 0 Å². The number of nitrogens with zero attached hydrogens (tertiary/aromatic N) is 2. The zero-order chi connectivity index (χ0) is 11.5. The van der Waals surface area contributed by atoms with Gasteiger partial charge in [0, 0.05) is 16.7 Å². The fourth-order valence-corrected chi connectivity index (χ4v) is 1.37. The van der Waals surface area contributed by atoms with Crippen molar-refractivity contribution in [3.63, 3.8) is 0 Å². The fourth-order valence-electron chi connectivity index (χ4n) is 1.37. The van der Waals surface area contributed by atoms with Crippen LogP contribution in [0, 0.1) is 0 Å². The molecule has 0 bridgehead atoms. The van der Waals surface area contributed by atoms with E-state index in [0.29, 0.717) is 11.1 Å². The minimum atomic E-state index is -2.56. The minimum Gasteiger partial charge on any atom is -0.507 e. The van der Waals surface area contributed by atoms with Crippen LogP contribution in [-0.2, 0) is 0 Å². The summed E-state index contributed by atoms with van der Waals surface area (Å²) in [6.45, 7) is 0. The molecule has 1 N–H and O–H groups in total. The number of aromatic hydroxyl groups is 1.